The van der Waals surface area contributed by atoms with Gasteiger partial charge < -0.3 is 24.4 Å². The van der Waals surface area contributed by atoms with Crippen molar-refractivity contribution in [3.63, 3.8) is 0 Å². The van der Waals surface area contributed by atoms with Crippen molar-refractivity contribution in [3.8, 4) is 39.7 Å². The van der Waals surface area contributed by atoms with E-state index in [1.165, 1.54) is 38.4 Å². The first-order chi connectivity index (χ1) is 19.7. The Morgan fingerprint density at radius 1 is 0.927 bits per heavy atom. The molecule has 3 heterocycles. The number of fused-ring (bicyclic) bond motifs is 2. The van der Waals surface area contributed by atoms with Crippen molar-refractivity contribution in [2.45, 2.75) is 0 Å². The van der Waals surface area contributed by atoms with E-state index in [0.717, 1.165) is 5.69 Å². The number of halogens is 2. The third-order valence-corrected chi connectivity index (χ3v) is 6.86. The monoisotopic (exact) mass is 553 g/mol. The molecular formula is C31H25F2N5O3. The van der Waals surface area contributed by atoms with Gasteiger partial charge in [0.15, 0.2) is 5.65 Å². The highest BCUT2D eigenvalue weighted by atomic mass is 19.1. The molecule has 0 aliphatic rings. The second-order valence-electron chi connectivity index (χ2n) is 9.69. The number of furan rings is 1. The second-order valence-corrected chi connectivity index (χ2v) is 9.69. The Hall–Kier alpha value is -5.25. The summed E-state index contributed by atoms with van der Waals surface area (Å²) >= 11 is 0. The molecular weight excluding hydrogens is 528 g/mol. The Labute approximate surface area is 233 Å². The summed E-state index contributed by atoms with van der Waals surface area (Å²) in [7, 11) is 6.79. The molecule has 0 radical (unpaired) electrons. The maximum absolute atomic E-state index is 15.1. The first-order valence-electron chi connectivity index (χ1n) is 12.7. The van der Waals surface area contributed by atoms with E-state index in [1.54, 1.807) is 24.3 Å². The van der Waals surface area contributed by atoms with E-state index < -0.39 is 11.6 Å². The third kappa shape index (κ3) is 4.63. The lowest BCUT2D eigenvalue weighted by molar-refractivity contribution is 0.0964. The Balaban J connectivity index is 1.56. The van der Waals surface area contributed by atoms with Crippen LogP contribution in [0.5, 0.6) is 5.88 Å². The zero-order chi connectivity index (χ0) is 28.8. The number of carbonyl (C=O) groups is 1. The van der Waals surface area contributed by atoms with Crippen molar-refractivity contribution in [1.29, 1.82) is 0 Å². The summed E-state index contributed by atoms with van der Waals surface area (Å²) in [6.45, 7) is 0. The number of nitrogens with one attached hydrogen (secondary N) is 2. The number of anilines is 1. The molecule has 0 aliphatic heterocycles. The zero-order valence-corrected chi connectivity index (χ0v) is 22.7. The molecule has 0 atom stereocenters. The van der Waals surface area contributed by atoms with Gasteiger partial charge in [-0.2, -0.15) is 4.98 Å². The number of pyridine rings is 1. The van der Waals surface area contributed by atoms with Crippen LogP contribution in [0.15, 0.2) is 71.1 Å². The van der Waals surface area contributed by atoms with E-state index in [1.807, 2.05) is 37.2 Å². The number of aromatic amines is 1. The largest absolute Gasteiger partial charge is 0.481 e. The minimum absolute atomic E-state index is 0.301. The van der Waals surface area contributed by atoms with Crippen molar-refractivity contribution in [1.82, 2.24) is 20.3 Å². The summed E-state index contributed by atoms with van der Waals surface area (Å²) in [6, 6.07) is 17.5. The van der Waals surface area contributed by atoms with E-state index in [-0.39, 0.29) is 5.91 Å². The molecule has 0 bridgehead atoms. The molecule has 0 aliphatic carbocycles. The van der Waals surface area contributed by atoms with Crippen LogP contribution in [0, 0.1) is 11.6 Å². The lowest BCUT2D eigenvalue weighted by Gasteiger charge is -2.18. The van der Waals surface area contributed by atoms with Crippen LogP contribution in [0.25, 0.3) is 56.0 Å². The third-order valence-electron chi connectivity index (χ3n) is 6.86. The molecule has 0 fully saturated rings. The van der Waals surface area contributed by atoms with E-state index in [0.29, 0.717) is 67.4 Å². The molecule has 0 unspecified atom stereocenters. The van der Waals surface area contributed by atoms with E-state index in [2.05, 4.69) is 20.3 Å². The molecule has 6 rings (SSSR count). The Bertz CT molecular complexity index is 1940. The number of carbonyl (C=O) groups excluding carboxylic acids is 1. The summed E-state index contributed by atoms with van der Waals surface area (Å²) < 4.78 is 40.1. The van der Waals surface area contributed by atoms with Gasteiger partial charge in [-0.3, -0.25) is 4.79 Å². The zero-order valence-electron chi connectivity index (χ0n) is 22.7. The van der Waals surface area contributed by atoms with Gasteiger partial charge in [0.2, 0.25) is 5.88 Å². The topological polar surface area (TPSA) is 96.3 Å². The van der Waals surface area contributed by atoms with Gasteiger partial charge in [-0.15, -0.1) is 0 Å². The summed E-state index contributed by atoms with van der Waals surface area (Å²) in [6.07, 6.45) is 0. The molecule has 41 heavy (non-hydrogen) atoms. The molecule has 3 aromatic heterocycles. The highest BCUT2D eigenvalue weighted by Crippen LogP contribution is 2.41. The number of hydrogen-bond donors (Lipinski definition) is 2. The van der Waals surface area contributed by atoms with Crippen molar-refractivity contribution in [3.05, 3.63) is 83.9 Å². The molecule has 3 aromatic carbocycles. The first-order valence-corrected chi connectivity index (χ1v) is 12.7. The summed E-state index contributed by atoms with van der Waals surface area (Å²) in [5.41, 5.74) is 4.96. The Morgan fingerprint density at radius 2 is 1.68 bits per heavy atom. The number of methoxy groups -OCH3 is 1. The fourth-order valence-electron chi connectivity index (χ4n) is 4.90. The second kappa shape index (κ2) is 10.1. The number of nitrogens with zero attached hydrogens (tertiary/aromatic N) is 3. The number of hydrogen-bond acceptors (Lipinski definition) is 6. The average Bonchev–Trinajstić information content (AvgIpc) is 3.57. The highest BCUT2D eigenvalue weighted by molar-refractivity contribution is 6.13. The van der Waals surface area contributed by atoms with Crippen molar-refractivity contribution >= 4 is 33.7 Å². The van der Waals surface area contributed by atoms with Gasteiger partial charge >= 0.3 is 0 Å². The van der Waals surface area contributed by atoms with Crippen LogP contribution in [0.2, 0.25) is 0 Å². The van der Waals surface area contributed by atoms with Crippen LogP contribution in [0.3, 0.4) is 0 Å². The molecule has 0 saturated carbocycles. The fraction of sp³-hybridized carbons (Fsp3) is 0.129. The number of ether oxygens (including phenoxy) is 1. The lowest BCUT2D eigenvalue weighted by atomic mass is 9.96. The number of amides is 1. The molecule has 10 heteroatoms. The van der Waals surface area contributed by atoms with Gasteiger partial charge in [0.1, 0.15) is 28.8 Å². The highest BCUT2D eigenvalue weighted by Gasteiger charge is 2.24. The molecule has 2 N–H and O–H groups in total. The molecule has 0 saturated heterocycles. The van der Waals surface area contributed by atoms with Crippen LogP contribution in [0.4, 0.5) is 14.5 Å². The van der Waals surface area contributed by atoms with Crippen molar-refractivity contribution in [2.24, 2.45) is 0 Å². The van der Waals surface area contributed by atoms with Gasteiger partial charge in [-0.1, -0.05) is 0 Å². The Morgan fingerprint density at radius 3 is 2.39 bits per heavy atom. The molecule has 1 amide bonds. The van der Waals surface area contributed by atoms with Crippen LogP contribution in [0.1, 0.15) is 10.4 Å². The summed E-state index contributed by atoms with van der Waals surface area (Å²) in [5.74, 6) is -0.0414. The van der Waals surface area contributed by atoms with Crippen LogP contribution >= 0.6 is 0 Å². The molecule has 8 nitrogen and oxygen atoms in total. The van der Waals surface area contributed by atoms with E-state index >= 15 is 4.39 Å². The van der Waals surface area contributed by atoms with E-state index in [9.17, 15) is 9.18 Å². The maximum Gasteiger partial charge on any atom is 0.255 e. The summed E-state index contributed by atoms with van der Waals surface area (Å²) in [5, 5.41) is 3.20. The van der Waals surface area contributed by atoms with Gasteiger partial charge in [-0.25, -0.2) is 13.8 Å². The van der Waals surface area contributed by atoms with Gasteiger partial charge in [0.25, 0.3) is 5.91 Å². The number of rotatable bonds is 6. The SMILES string of the molecule is CNC(=O)c1c(-c2ccc(F)cc2)oc2cc(N(C)C)c(-c3cc(F)cc(-c4nc5nc(OC)ccc5[nH]4)c3)cc12. The standard InChI is InChI=1S/C31H25F2N5O3/c1-34-31(39)27-22-14-21(24(38(2)3)15-25(22)41-28(27)16-5-7-19(32)8-6-16)17-11-18(13-20(33)12-17)29-35-23-9-10-26(40-4)36-30(23)37-29/h5-15H,1-4H3,(H,34,39)(H,35,36,37). The van der Waals surface area contributed by atoms with Crippen molar-refractivity contribution < 1.29 is 22.7 Å². The van der Waals surface area contributed by atoms with Crippen LogP contribution < -0.4 is 15.0 Å². The predicted octanol–water partition coefficient (Wildman–Crippen LogP) is 6.42. The van der Waals surface area contributed by atoms with Crippen LogP contribution in [-0.2, 0) is 0 Å². The predicted molar refractivity (Wildman–Crippen MR) is 154 cm³/mol. The molecule has 0 spiro atoms. The number of aromatic nitrogens is 3. The van der Waals surface area contributed by atoms with Gasteiger partial charge in [0, 0.05) is 61.0 Å². The average molecular weight is 554 g/mol. The van der Waals surface area contributed by atoms with Gasteiger partial charge in [0.05, 0.1) is 18.2 Å². The minimum atomic E-state index is -0.459. The number of H-pyrrole nitrogens is 1. The summed E-state index contributed by atoms with van der Waals surface area (Å²) in [4.78, 5) is 27.1. The molecule has 6 aromatic rings. The van der Waals surface area contributed by atoms with E-state index in [4.69, 9.17) is 9.15 Å². The quantitative estimate of drug-likeness (QED) is 0.247. The lowest BCUT2D eigenvalue weighted by Crippen LogP contribution is -2.18. The van der Waals surface area contributed by atoms with Gasteiger partial charge in [-0.05, 0) is 60.2 Å². The minimum Gasteiger partial charge on any atom is -0.481 e. The molecule has 206 valence electrons. The first kappa shape index (κ1) is 26.0. The Kier molecular flexibility index (Phi) is 6.37. The van der Waals surface area contributed by atoms with Crippen LogP contribution in [-0.4, -0.2) is 49.1 Å². The maximum atomic E-state index is 15.1. The number of imidazole rings is 1. The number of benzene rings is 3. The normalized spacial score (nSPS) is 11.3. The smallest absolute Gasteiger partial charge is 0.255 e. The van der Waals surface area contributed by atoms with Crippen molar-refractivity contribution in [2.75, 3.05) is 33.2 Å². The fourth-order valence-corrected chi connectivity index (χ4v) is 4.90.